The third-order valence-corrected chi connectivity index (χ3v) is 5.97. The fraction of sp³-hybridized carbons (Fsp3) is 0.524. The summed E-state index contributed by atoms with van der Waals surface area (Å²) in [7, 11) is 0. The Labute approximate surface area is 155 Å². The smallest absolute Gasteiger partial charge is 0.224 e. The van der Waals surface area contributed by atoms with Crippen LogP contribution in [0.3, 0.4) is 0 Å². The summed E-state index contributed by atoms with van der Waals surface area (Å²) in [6, 6.07) is 11.5. The predicted octanol–water partition coefficient (Wildman–Crippen LogP) is 2.28. The Morgan fingerprint density at radius 1 is 1.12 bits per heavy atom. The van der Waals surface area contributed by atoms with Gasteiger partial charge in [0.25, 0.3) is 0 Å². The second-order valence-electron chi connectivity index (χ2n) is 7.53. The molecule has 1 saturated heterocycles. The van der Waals surface area contributed by atoms with Crippen molar-refractivity contribution in [3.05, 3.63) is 53.3 Å². The first kappa shape index (κ1) is 17.3. The number of carbonyl (C=O) groups excluding carboxylic acids is 1. The molecule has 1 aliphatic carbocycles. The molecule has 138 valence electrons. The predicted molar refractivity (Wildman–Crippen MR) is 102 cm³/mol. The van der Waals surface area contributed by atoms with Crippen LogP contribution in [0.5, 0.6) is 0 Å². The average molecular weight is 352 g/mol. The van der Waals surface area contributed by atoms with Crippen LogP contribution in [-0.2, 0) is 24.2 Å². The minimum Gasteiger partial charge on any atom is -0.340 e. The first-order valence-corrected chi connectivity index (χ1v) is 9.78. The Bertz CT molecular complexity index is 761. The van der Waals surface area contributed by atoms with Crippen molar-refractivity contribution in [2.75, 3.05) is 26.2 Å². The molecule has 0 radical (unpaired) electrons. The van der Waals surface area contributed by atoms with Crippen molar-refractivity contribution in [1.82, 2.24) is 19.6 Å². The Kier molecular flexibility index (Phi) is 5.07. The van der Waals surface area contributed by atoms with Crippen LogP contribution >= 0.6 is 0 Å². The van der Waals surface area contributed by atoms with Gasteiger partial charge in [-0.1, -0.05) is 24.3 Å². The quantitative estimate of drug-likeness (QED) is 0.848. The summed E-state index contributed by atoms with van der Waals surface area (Å²) < 4.78 is 1.91. The van der Waals surface area contributed by atoms with Crippen LogP contribution in [0.25, 0.3) is 0 Å². The number of amides is 1. The van der Waals surface area contributed by atoms with E-state index in [0.29, 0.717) is 19.0 Å². The van der Waals surface area contributed by atoms with E-state index in [1.807, 2.05) is 22.6 Å². The summed E-state index contributed by atoms with van der Waals surface area (Å²) in [6.07, 6.45) is 5.91. The maximum absolute atomic E-state index is 12.5. The fourth-order valence-corrected chi connectivity index (χ4v) is 4.32. The number of benzene rings is 1. The molecular weight excluding hydrogens is 324 g/mol. The van der Waals surface area contributed by atoms with Gasteiger partial charge in [-0.05, 0) is 43.4 Å². The maximum Gasteiger partial charge on any atom is 0.224 e. The number of nitrogens with zero attached hydrogens (tertiary/aromatic N) is 4. The monoisotopic (exact) mass is 352 g/mol. The lowest BCUT2D eigenvalue weighted by Gasteiger charge is -2.41. The molecule has 5 heteroatoms. The van der Waals surface area contributed by atoms with E-state index in [-0.39, 0.29) is 5.91 Å². The van der Waals surface area contributed by atoms with Crippen LogP contribution in [0, 0.1) is 6.92 Å². The third-order valence-electron chi connectivity index (χ3n) is 5.97. The largest absolute Gasteiger partial charge is 0.340 e. The van der Waals surface area contributed by atoms with Gasteiger partial charge in [0.05, 0.1) is 0 Å². The molecule has 0 N–H and O–H groups in total. The van der Waals surface area contributed by atoms with Gasteiger partial charge >= 0.3 is 0 Å². The number of rotatable bonds is 4. The van der Waals surface area contributed by atoms with Crippen molar-refractivity contribution >= 4 is 5.91 Å². The summed E-state index contributed by atoms with van der Waals surface area (Å²) in [5.74, 6) is 0.258. The Morgan fingerprint density at radius 2 is 1.88 bits per heavy atom. The number of carbonyl (C=O) groups is 1. The molecule has 5 nitrogen and oxygen atoms in total. The highest BCUT2D eigenvalue weighted by Gasteiger charge is 2.28. The van der Waals surface area contributed by atoms with E-state index in [9.17, 15) is 4.79 Å². The Balaban J connectivity index is 1.26. The molecule has 4 rings (SSSR count). The van der Waals surface area contributed by atoms with E-state index in [4.69, 9.17) is 0 Å². The first-order chi connectivity index (χ1) is 12.7. The number of piperazine rings is 1. The molecule has 1 fully saturated rings. The van der Waals surface area contributed by atoms with E-state index >= 15 is 0 Å². The van der Waals surface area contributed by atoms with Crippen LogP contribution < -0.4 is 0 Å². The molecule has 0 bridgehead atoms. The zero-order chi connectivity index (χ0) is 17.9. The van der Waals surface area contributed by atoms with Gasteiger partial charge in [0.15, 0.2) is 0 Å². The Hall–Kier alpha value is -2.14. The molecule has 2 heterocycles. The highest BCUT2D eigenvalue weighted by atomic mass is 16.2. The van der Waals surface area contributed by atoms with Crippen molar-refractivity contribution in [3.8, 4) is 0 Å². The lowest BCUT2D eigenvalue weighted by atomic mass is 9.87. The van der Waals surface area contributed by atoms with E-state index in [1.165, 1.54) is 24.0 Å². The molecule has 1 aliphatic heterocycles. The summed E-state index contributed by atoms with van der Waals surface area (Å²) in [5.41, 5.74) is 4.14. The minimum absolute atomic E-state index is 0.258. The zero-order valence-corrected chi connectivity index (χ0v) is 15.6. The summed E-state index contributed by atoms with van der Waals surface area (Å²) in [4.78, 5) is 17.1. The third kappa shape index (κ3) is 3.68. The molecule has 1 amide bonds. The lowest BCUT2D eigenvalue weighted by Crippen LogP contribution is -2.53. The number of hydrogen-bond acceptors (Lipinski definition) is 3. The fourth-order valence-electron chi connectivity index (χ4n) is 4.32. The number of aryl methyl sites for hydroxylation is 3. The molecule has 2 aromatic rings. The van der Waals surface area contributed by atoms with Crippen LogP contribution in [0.15, 0.2) is 36.5 Å². The van der Waals surface area contributed by atoms with E-state index in [2.05, 4.69) is 34.3 Å². The van der Waals surface area contributed by atoms with Gasteiger partial charge < -0.3 is 4.90 Å². The maximum atomic E-state index is 12.5. The lowest BCUT2D eigenvalue weighted by molar-refractivity contribution is -0.133. The SMILES string of the molecule is Cc1ccnn1CCC(=O)N1CCN(C2CCc3ccccc3C2)CC1. The van der Waals surface area contributed by atoms with Crippen LogP contribution in [-0.4, -0.2) is 57.7 Å². The molecule has 1 unspecified atom stereocenters. The summed E-state index contributed by atoms with van der Waals surface area (Å²) in [6.45, 7) is 6.42. The second kappa shape index (κ2) is 7.62. The number of hydrogen-bond donors (Lipinski definition) is 0. The van der Waals surface area contributed by atoms with E-state index < -0.39 is 0 Å². The summed E-state index contributed by atoms with van der Waals surface area (Å²) >= 11 is 0. The number of aromatic nitrogens is 2. The van der Waals surface area contributed by atoms with Gasteiger partial charge in [0.2, 0.25) is 5.91 Å². The number of fused-ring (bicyclic) bond motifs is 1. The molecule has 2 aliphatic rings. The average Bonchev–Trinajstić information content (AvgIpc) is 3.10. The standard InChI is InChI=1S/C21H28N4O/c1-17-8-10-22-25(17)11-9-21(26)24-14-12-23(13-15-24)20-7-6-18-4-2-3-5-19(18)16-20/h2-5,8,10,20H,6-7,9,11-16H2,1H3. The first-order valence-electron chi connectivity index (χ1n) is 9.78. The molecule has 1 atom stereocenters. The Morgan fingerprint density at radius 3 is 2.62 bits per heavy atom. The molecular formula is C21H28N4O. The zero-order valence-electron chi connectivity index (χ0n) is 15.6. The van der Waals surface area contributed by atoms with Crippen LogP contribution in [0.1, 0.15) is 29.7 Å². The molecule has 1 aromatic heterocycles. The van der Waals surface area contributed by atoms with E-state index in [1.54, 1.807) is 6.20 Å². The van der Waals surface area contributed by atoms with E-state index in [0.717, 1.165) is 38.3 Å². The van der Waals surface area contributed by atoms with Crippen LogP contribution in [0.2, 0.25) is 0 Å². The highest BCUT2D eigenvalue weighted by Crippen LogP contribution is 2.25. The van der Waals surface area contributed by atoms with Gasteiger partial charge in [0.1, 0.15) is 0 Å². The van der Waals surface area contributed by atoms with Gasteiger partial charge in [0, 0.05) is 57.1 Å². The molecule has 0 saturated carbocycles. The normalized spacial score (nSPS) is 20.8. The minimum atomic E-state index is 0.258. The highest BCUT2D eigenvalue weighted by molar-refractivity contribution is 5.76. The van der Waals surface area contributed by atoms with Crippen molar-refractivity contribution in [3.63, 3.8) is 0 Å². The van der Waals surface area contributed by atoms with Crippen LogP contribution in [0.4, 0.5) is 0 Å². The van der Waals surface area contributed by atoms with Crippen molar-refractivity contribution < 1.29 is 4.79 Å². The topological polar surface area (TPSA) is 41.4 Å². The van der Waals surface area contributed by atoms with Gasteiger partial charge in [-0.2, -0.15) is 5.10 Å². The molecule has 26 heavy (non-hydrogen) atoms. The van der Waals surface area contributed by atoms with Crippen molar-refractivity contribution in [2.24, 2.45) is 0 Å². The van der Waals surface area contributed by atoms with Crippen molar-refractivity contribution in [2.45, 2.75) is 45.2 Å². The van der Waals surface area contributed by atoms with Gasteiger partial charge in [-0.15, -0.1) is 0 Å². The van der Waals surface area contributed by atoms with Gasteiger partial charge in [-0.3, -0.25) is 14.4 Å². The summed E-state index contributed by atoms with van der Waals surface area (Å²) in [5, 5.41) is 4.26. The van der Waals surface area contributed by atoms with Gasteiger partial charge in [-0.25, -0.2) is 0 Å². The second-order valence-corrected chi connectivity index (χ2v) is 7.53. The molecule has 1 aromatic carbocycles. The molecule has 0 spiro atoms. The van der Waals surface area contributed by atoms with Crippen molar-refractivity contribution in [1.29, 1.82) is 0 Å².